The van der Waals surface area contributed by atoms with Crippen LogP contribution in [0.5, 0.6) is 0 Å². The smallest absolute Gasteiger partial charge is 0.106 e. The molecule has 0 amide bonds. The molecule has 0 aliphatic rings. The first kappa shape index (κ1) is 48.3. The number of carbonyl (C=O) groups is 1. The zero-order chi connectivity index (χ0) is 26.1. The number of rotatable bonds is 10. The molecule has 0 spiro atoms. The Balaban J connectivity index is -0.0000000498. The van der Waals surface area contributed by atoms with Gasteiger partial charge in [0.05, 0.1) is 30.3 Å². The average Bonchev–Trinajstić information content (AvgIpc) is 2.85. The number of hydrogen-bond acceptors (Lipinski definition) is 6. The van der Waals surface area contributed by atoms with Gasteiger partial charge in [0.1, 0.15) is 6.79 Å². The molecule has 0 saturated carbocycles. The van der Waals surface area contributed by atoms with Crippen molar-refractivity contribution in [3.8, 4) is 30.3 Å². The van der Waals surface area contributed by atoms with Crippen molar-refractivity contribution in [2.45, 2.75) is 131 Å². The predicted molar refractivity (Wildman–Crippen MR) is 133 cm³/mol. The summed E-state index contributed by atoms with van der Waals surface area (Å²) in [5.41, 5.74) is 0. The van der Waals surface area contributed by atoms with E-state index < -0.39 is 0 Å². The zero-order valence-electron chi connectivity index (χ0n) is 21.9. The first-order valence-electron chi connectivity index (χ1n) is 11.7. The fraction of sp³-hybridized carbons (Fsp3) is 0.769. The van der Waals surface area contributed by atoms with Crippen LogP contribution in [0, 0.1) is 56.7 Å². The number of carbonyl (C=O) groups excluding carboxylic acids is 1. The third-order valence-electron chi connectivity index (χ3n) is 3.21. The van der Waals surface area contributed by atoms with Crippen LogP contribution < -0.4 is 0 Å². The average molecular weight is 630 g/mol. The van der Waals surface area contributed by atoms with Crippen LogP contribution in [0.4, 0.5) is 0 Å². The van der Waals surface area contributed by atoms with Crippen molar-refractivity contribution in [2.75, 3.05) is 0 Å². The summed E-state index contributed by atoms with van der Waals surface area (Å²) in [4.78, 5) is 8.00. The van der Waals surface area contributed by atoms with Gasteiger partial charge in [-0.2, -0.15) is 26.3 Å². The van der Waals surface area contributed by atoms with Crippen molar-refractivity contribution >= 4 is 6.79 Å². The van der Waals surface area contributed by atoms with Crippen molar-refractivity contribution in [1.82, 2.24) is 0 Å². The van der Waals surface area contributed by atoms with Crippen LogP contribution in [0.2, 0.25) is 0 Å². The molecule has 0 radical (unpaired) electrons. The van der Waals surface area contributed by atoms with E-state index in [-0.39, 0.29) is 21.1 Å². The molecule has 6 nitrogen and oxygen atoms in total. The van der Waals surface area contributed by atoms with Crippen LogP contribution in [-0.4, -0.2) is 6.79 Å². The first-order chi connectivity index (χ1) is 15.6. The number of nitrogens with zero attached hydrogens (tertiary/aromatic N) is 5. The molecule has 0 aliphatic heterocycles. The van der Waals surface area contributed by atoms with E-state index in [1.165, 1.54) is 0 Å². The zero-order valence-corrected chi connectivity index (χ0v) is 24.8. The summed E-state index contributed by atoms with van der Waals surface area (Å²) in [6.07, 6.45) is 14.5. The summed E-state index contributed by atoms with van der Waals surface area (Å²) >= 11 is 0. The molecule has 0 unspecified atom stereocenters. The van der Waals surface area contributed by atoms with Crippen molar-refractivity contribution in [3.63, 3.8) is 0 Å². The van der Waals surface area contributed by atoms with E-state index in [2.05, 4.69) is 65.0 Å². The molecular weight excluding hydrogens is 582 g/mol. The second-order valence-corrected chi connectivity index (χ2v) is 6.31. The van der Waals surface area contributed by atoms with Crippen molar-refractivity contribution < 1.29 is 25.9 Å². The number of hydrogen-bond donors (Lipinski definition) is 0. The quantitative estimate of drug-likeness (QED) is 0.223. The first-order valence-corrected chi connectivity index (χ1v) is 11.7. The molecule has 0 heterocycles. The summed E-state index contributed by atoms with van der Waals surface area (Å²) < 4.78 is 0. The maximum atomic E-state index is 8.00. The molecule has 7 heteroatoms. The normalized spacial score (nSPS) is 6.79. The summed E-state index contributed by atoms with van der Waals surface area (Å²) in [5.74, 6) is 0. The van der Waals surface area contributed by atoms with E-state index in [9.17, 15) is 0 Å². The Kier molecular flexibility index (Phi) is 114. The minimum atomic E-state index is 0. The molecule has 0 N–H and O–H groups in total. The molecule has 0 fully saturated rings. The monoisotopic (exact) mass is 629 g/mol. The minimum absolute atomic E-state index is 0. The van der Waals surface area contributed by atoms with Crippen molar-refractivity contribution in [1.29, 1.82) is 26.3 Å². The van der Waals surface area contributed by atoms with Gasteiger partial charge in [0, 0.05) is 53.2 Å². The Morgan fingerprint density at radius 1 is 0.424 bits per heavy atom. The van der Waals surface area contributed by atoms with E-state index in [1.807, 2.05) is 6.79 Å². The fourth-order valence-electron chi connectivity index (χ4n) is 1.28. The van der Waals surface area contributed by atoms with Gasteiger partial charge in [-0.05, 0) is 32.1 Å². The molecule has 33 heavy (non-hydrogen) atoms. The van der Waals surface area contributed by atoms with Gasteiger partial charge in [-0.3, -0.25) is 0 Å². The molecule has 188 valence electrons. The molecule has 0 bridgehead atoms. The predicted octanol–water partition coefficient (Wildman–Crippen LogP) is 8.31. The van der Waals surface area contributed by atoms with Gasteiger partial charge in [0.25, 0.3) is 0 Å². The topological polar surface area (TPSA) is 136 Å². The van der Waals surface area contributed by atoms with Gasteiger partial charge in [0.2, 0.25) is 0 Å². The molecule has 0 saturated heterocycles. The van der Waals surface area contributed by atoms with E-state index in [1.54, 1.807) is 0 Å². The van der Waals surface area contributed by atoms with E-state index in [0.717, 1.165) is 96.3 Å². The van der Waals surface area contributed by atoms with Gasteiger partial charge in [-0.25, -0.2) is 0 Å². The Morgan fingerprint density at radius 2 is 0.545 bits per heavy atom. The third kappa shape index (κ3) is 141. The van der Waals surface area contributed by atoms with Crippen LogP contribution >= 0.6 is 0 Å². The largest absolute Gasteiger partial charge is 0.307 e. The molecule has 0 aliphatic carbocycles. The summed E-state index contributed by atoms with van der Waals surface area (Å²) in [6.45, 7) is 12.4. The van der Waals surface area contributed by atoms with Crippen LogP contribution in [-0.2, 0) is 25.9 Å². The summed E-state index contributed by atoms with van der Waals surface area (Å²) in [6, 6.07) is 10.3. The number of nitriles is 5. The second kappa shape index (κ2) is 78.0. The van der Waals surface area contributed by atoms with E-state index in [4.69, 9.17) is 31.1 Å². The van der Waals surface area contributed by atoms with Gasteiger partial charge in [0.15, 0.2) is 0 Å². The fourth-order valence-corrected chi connectivity index (χ4v) is 1.28. The molecule has 0 atom stereocenters. The Labute approximate surface area is 219 Å². The molecular formula is C26H47N5OW. The van der Waals surface area contributed by atoms with Crippen LogP contribution in [0.15, 0.2) is 0 Å². The van der Waals surface area contributed by atoms with Crippen molar-refractivity contribution in [2.24, 2.45) is 0 Å². The summed E-state index contributed by atoms with van der Waals surface area (Å²) in [7, 11) is 0. The van der Waals surface area contributed by atoms with E-state index >= 15 is 0 Å². The number of unbranched alkanes of at least 4 members (excludes halogenated alkanes) is 10. The second-order valence-electron chi connectivity index (χ2n) is 6.31. The Bertz CT molecular complexity index is 389. The van der Waals surface area contributed by atoms with Gasteiger partial charge >= 0.3 is 0 Å². The van der Waals surface area contributed by atoms with E-state index in [0.29, 0.717) is 0 Å². The van der Waals surface area contributed by atoms with Crippen LogP contribution in [0.1, 0.15) is 131 Å². The maximum absolute atomic E-state index is 8.00. The SMILES string of the molecule is C=O.CCCCC#N.CCCCC#N.CCCCC#N.CCCCC#N.CCCCC#N.[W]. The molecule has 0 aromatic carbocycles. The van der Waals surface area contributed by atoms with Crippen LogP contribution in [0.3, 0.4) is 0 Å². The summed E-state index contributed by atoms with van der Waals surface area (Å²) in [5, 5.41) is 39.7. The van der Waals surface area contributed by atoms with Gasteiger partial charge in [-0.1, -0.05) is 66.7 Å². The standard InChI is InChI=1S/5C5H9N.CH2O.W/c5*1-2-3-4-5-6;1-2;/h5*2-4H2,1H3;1H2;. The Morgan fingerprint density at radius 3 is 0.576 bits per heavy atom. The van der Waals surface area contributed by atoms with Gasteiger partial charge in [-0.15, -0.1) is 0 Å². The van der Waals surface area contributed by atoms with Crippen molar-refractivity contribution in [3.05, 3.63) is 0 Å². The Hall–Kier alpha value is -2.19. The molecule has 0 rings (SSSR count). The maximum Gasteiger partial charge on any atom is 0.106 e. The molecule has 0 aromatic heterocycles. The molecule has 0 aromatic rings. The third-order valence-corrected chi connectivity index (χ3v) is 3.21. The minimum Gasteiger partial charge on any atom is -0.307 e. The van der Waals surface area contributed by atoms with Crippen LogP contribution in [0.25, 0.3) is 0 Å². The van der Waals surface area contributed by atoms with Gasteiger partial charge < -0.3 is 4.79 Å².